The summed E-state index contributed by atoms with van der Waals surface area (Å²) < 4.78 is 12.0. The Balaban J connectivity index is 1.67. The molecule has 5 nitrogen and oxygen atoms in total. The van der Waals surface area contributed by atoms with Crippen LogP contribution in [0.5, 0.6) is 11.5 Å². The maximum absolute atomic E-state index is 11.3. The van der Waals surface area contributed by atoms with Crippen LogP contribution in [0.4, 0.5) is 0 Å². The molecule has 26 heavy (non-hydrogen) atoms. The predicted molar refractivity (Wildman–Crippen MR) is 100 cm³/mol. The third-order valence-corrected chi connectivity index (χ3v) is 5.61. The Hall–Kier alpha value is -2.05. The summed E-state index contributed by atoms with van der Waals surface area (Å²) in [5, 5.41) is 9.28. The van der Waals surface area contributed by atoms with Gasteiger partial charge in [0.2, 0.25) is 6.79 Å². The van der Waals surface area contributed by atoms with Crippen molar-refractivity contribution in [2.45, 2.75) is 18.9 Å². The van der Waals surface area contributed by atoms with Crippen LogP contribution in [-0.2, 0) is 4.79 Å². The summed E-state index contributed by atoms with van der Waals surface area (Å²) in [5.74, 6) is 0.604. The maximum atomic E-state index is 11.3. The summed E-state index contributed by atoms with van der Waals surface area (Å²) in [7, 11) is 0. The van der Waals surface area contributed by atoms with Gasteiger partial charge in [-0.15, -0.1) is 0 Å². The molecule has 1 saturated heterocycles. The summed E-state index contributed by atoms with van der Waals surface area (Å²) in [5.41, 5.74) is 2.30. The van der Waals surface area contributed by atoms with Crippen molar-refractivity contribution in [1.29, 1.82) is 0 Å². The molecule has 1 unspecified atom stereocenters. The monoisotopic (exact) mass is 417 g/mol. The number of benzene rings is 2. The number of rotatable bonds is 4. The number of likely N-dealkylation sites (tertiary alicyclic amines) is 1. The minimum Gasteiger partial charge on any atom is -0.481 e. The van der Waals surface area contributed by atoms with E-state index in [4.69, 9.17) is 9.47 Å². The molecule has 0 spiro atoms. The van der Waals surface area contributed by atoms with E-state index >= 15 is 0 Å². The van der Waals surface area contributed by atoms with Crippen LogP contribution in [-0.4, -0.2) is 35.9 Å². The summed E-state index contributed by atoms with van der Waals surface area (Å²) in [6.07, 6.45) is 1.34. The molecule has 4 rings (SSSR count). The molecule has 0 radical (unpaired) electrons. The maximum Gasteiger partial charge on any atom is 0.306 e. The van der Waals surface area contributed by atoms with E-state index in [2.05, 4.69) is 39.0 Å². The van der Waals surface area contributed by atoms with Gasteiger partial charge in [-0.2, -0.15) is 0 Å². The molecule has 136 valence electrons. The average molecular weight is 418 g/mol. The van der Waals surface area contributed by atoms with Crippen LogP contribution in [0.3, 0.4) is 0 Å². The van der Waals surface area contributed by atoms with Crippen molar-refractivity contribution in [3.63, 3.8) is 0 Å². The molecule has 0 aromatic heterocycles. The van der Waals surface area contributed by atoms with E-state index in [0.717, 1.165) is 34.6 Å². The van der Waals surface area contributed by atoms with E-state index in [1.807, 2.05) is 24.3 Å². The highest BCUT2D eigenvalue weighted by Crippen LogP contribution is 2.39. The summed E-state index contributed by atoms with van der Waals surface area (Å²) in [6.45, 7) is 1.76. The van der Waals surface area contributed by atoms with Crippen molar-refractivity contribution >= 4 is 21.9 Å². The van der Waals surface area contributed by atoms with E-state index < -0.39 is 5.97 Å². The molecule has 2 aromatic rings. The minimum absolute atomic E-state index is 0.0525. The van der Waals surface area contributed by atoms with Crippen molar-refractivity contribution < 1.29 is 19.4 Å². The summed E-state index contributed by atoms with van der Waals surface area (Å²) in [6, 6.07) is 14.4. The molecule has 6 heteroatoms. The third-order valence-electron chi connectivity index (χ3n) is 5.12. The van der Waals surface area contributed by atoms with Crippen molar-refractivity contribution in [3.8, 4) is 11.5 Å². The lowest BCUT2D eigenvalue weighted by atomic mass is 9.91. The van der Waals surface area contributed by atoms with Crippen LogP contribution in [0.2, 0.25) is 0 Å². The SMILES string of the molecule is O=C(O)C1CCN(C(c2cccc(Br)c2)c2ccc3c(c2)OCO3)CC1. The van der Waals surface area contributed by atoms with Gasteiger partial charge in [-0.3, -0.25) is 9.69 Å². The largest absolute Gasteiger partial charge is 0.481 e. The van der Waals surface area contributed by atoms with Gasteiger partial charge in [-0.05, 0) is 61.3 Å². The molecule has 2 aliphatic heterocycles. The zero-order valence-corrected chi connectivity index (χ0v) is 15.8. The molecule has 2 heterocycles. The molecular formula is C20H20BrNO4. The highest BCUT2D eigenvalue weighted by Gasteiger charge is 2.31. The zero-order chi connectivity index (χ0) is 18.1. The van der Waals surface area contributed by atoms with Crippen LogP contribution in [0, 0.1) is 5.92 Å². The van der Waals surface area contributed by atoms with Gasteiger partial charge in [-0.25, -0.2) is 0 Å². The number of carboxylic acid groups (broad SMARTS) is 1. The van der Waals surface area contributed by atoms with E-state index in [0.29, 0.717) is 12.8 Å². The van der Waals surface area contributed by atoms with Crippen LogP contribution >= 0.6 is 15.9 Å². The Morgan fingerprint density at radius 1 is 1.08 bits per heavy atom. The normalized spacial score (nSPS) is 18.7. The van der Waals surface area contributed by atoms with E-state index in [9.17, 15) is 9.90 Å². The average Bonchev–Trinajstić information content (AvgIpc) is 3.10. The molecule has 2 aliphatic rings. The number of ether oxygens (including phenoxy) is 2. The Bertz CT molecular complexity index is 817. The zero-order valence-electron chi connectivity index (χ0n) is 14.2. The number of nitrogens with zero attached hydrogens (tertiary/aromatic N) is 1. The van der Waals surface area contributed by atoms with Crippen LogP contribution in [0.15, 0.2) is 46.9 Å². The van der Waals surface area contributed by atoms with Crippen LogP contribution in [0.1, 0.15) is 30.0 Å². The van der Waals surface area contributed by atoms with Crippen molar-refractivity contribution in [3.05, 3.63) is 58.1 Å². The van der Waals surface area contributed by atoms with Gasteiger partial charge in [-0.1, -0.05) is 34.1 Å². The van der Waals surface area contributed by atoms with Gasteiger partial charge in [0.15, 0.2) is 11.5 Å². The van der Waals surface area contributed by atoms with Gasteiger partial charge in [0.1, 0.15) is 0 Å². The van der Waals surface area contributed by atoms with E-state index in [1.165, 1.54) is 5.56 Å². The van der Waals surface area contributed by atoms with E-state index in [-0.39, 0.29) is 18.8 Å². The lowest BCUT2D eigenvalue weighted by Crippen LogP contribution is -2.39. The molecule has 1 N–H and O–H groups in total. The smallest absolute Gasteiger partial charge is 0.306 e. The van der Waals surface area contributed by atoms with Gasteiger partial charge < -0.3 is 14.6 Å². The Morgan fingerprint density at radius 2 is 1.81 bits per heavy atom. The molecule has 2 aromatic carbocycles. The predicted octanol–water partition coefficient (Wildman–Crippen LogP) is 4.06. The first-order valence-corrected chi connectivity index (χ1v) is 9.53. The van der Waals surface area contributed by atoms with Gasteiger partial charge in [0.25, 0.3) is 0 Å². The number of carbonyl (C=O) groups is 1. The van der Waals surface area contributed by atoms with Crippen molar-refractivity contribution in [1.82, 2.24) is 4.90 Å². The number of hydrogen-bond donors (Lipinski definition) is 1. The quantitative estimate of drug-likeness (QED) is 0.812. The number of carboxylic acids is 1. The Morgan fingerprint density at radius 3 is 2.54 bits per heavy atom. The number of hydrogen-bond acceptors (Lipinski definition) is 4. The molecule has 0 saturated carbocycles. The first-order valence-electron chi connectivity index (χ1n) is 8.73. The van der Waals surface area contributed by atoms with Crippen LogP contribution in [0.25, 0.3) is 0 Å². The second-order valence-corrected chi connectivity index (χ2v) is 7.63. The number of piperidine rings is 1. The lowest BCUT2D eigenvalue weighted by molar-refractivity contribution is -0.143. The van der Waals surface area contributed by atoms with E-state index in [1.54, 1.807) is 0 Å². The highest BCUT2D eigenvalue weighted by atomic mass is 79.9. The van der Waals surface area contributed by atoms with Crippen molar-refractivity contribution in [2.75, 3.05) is 19.9 Å². The highest BCUT2D eigenvalue weighted by molar-refractivity contribution is 9.10. The molecule has 0 aliphatic carbocycles. The van der Waals surface area contributed by atoms with Crippen LogP contribution < -0.4 is 9.47 Å². The first kappa shape index (κ1) is 17.4. The van der Waals surface area contributed by atoms with Crippen molar-refractivity contribution in [2.24, 2.45) is 5.92 Å². The standard InChI is InChI=1S/C20H20BrNO4/c21-16-3-1-2-14(10-16)19(22-8-6-13(7-9-22)20(23)24)15-4-5-17-18(11-15)26-12-25-17/h1-5,10-11,13,19H,6-9,12H2,(H,23,24). The lowest BCUT2D eigenvalue weighted by Gasteiger charge is -2.37. The summed E-state index contributed by atoms with van der Waals surface area (Å²) >= 11 is 3.56. The van der Waals surface area contributed by atoms with Gasteiger partial charge in [0.05, 0.1) is 12.0 Å². The Kier molecular flexibility index (Phi) is 4.87. The number of halogens is 1. The molecule has 0 bridgehead atoms. The molecule has 1 fully saturated rings. The fourth-order valence-electron chi connectivity index (χ4n) is 3.78. The third kappa shape index (κ3) is 3.44. The molecule has 0 amide bonds. The second kappa shape index (κ2) is 7.29. The topological polar surface area (TPSA) is 59.0 Å². The second-order valence-electron chi connectivity index (χ2n) is 6.72. The first-order chi connectivity index (χ1) is 12.6. The molecule has 1 atom stereocenters. The fourth-order valence-corrected chi connectivity index (χ4v) is 4.20. The van der Waals surface area contributed by atoms with Gasteiger partial charge >= 0.3 is 5.97 Å². The van der Waals surface area contributed by atoms with Gasteiger partial charge in [0, 0.05) is 4.47 Å². The molecular weight excluding hydrogens is 398 g/mol. The minimum atomic E-state index is -0.688. The number of aliphatic carboxylic acids is 1. The summed E-state index contributed by atoms with van der Waals surface area (Å²) in [4.78, 5) is 13.6. The Labute approximate surface area is 160 Å². The number of fused-ring (bicyclic) bond motifs is 1. The fraction of sp³-hybridized carbons (Fsp3) is 0.350.